The van der Waals surface area contributed by atoms with Gasteiger partial charge in [-0.15, -0.1) is 0 Å². The van der Waals surface area contributed by atoms with Crippen LogP contribution in [0, 0.1) is 17.6 Å². The zero-order valence-corrected chi connectivity index (χ0v) is 12.0. The molecule has 3 rings (SSSR count). The second-order valence-corrected chi connectivity index (χ2v) is 5.67. The Labute approximate surface area is 117 Å². The number of fused-ring (bicyclic) bond motifs is 1. The maximum absolute atomic E-state index is 5.65. The molecule has 0 saturated heterocycles. The summed E-state index contributed by atoms with van der Waals surface area (Å²) in [7, 11) is 0. The van der Waals surface area contributed by atoms with Gasteiger partial charge in [-0.3, -0.25) is 0 Å². The molecule has 0 radical (unpaired) electrons. The number of aromatic amines is 1. The SMILES string of the molecule is Cc1ccnc2c1[nH]c(=S)n2CCCOCC1CC1. The lowest BCUT2D eigenvalue weighted by Crippen LogP contribution is -2.05. The number of aromatic nitrogens is 3. The number of ether oxygens (including phenoxy) is 1. The Morgan fingerprint density at radius 1 is 1.53 bits per heavy atom. The predicted octanol–water partition coefficient (Wildman–Crippen LogP) is 3.22. The Balaban J connectivity index is 1.64. The van der Waals surface area contributed by atoms with Gasteiger partial charge in [0.25, 0.3) is 0 Å². The monoisotopic (exact) mass is 277 g/mol. The summed E-state index contributed by atoms with van der Waals surface area (Å²) in [5, 5.41) is 0. The molecule has 1 aliphatic carbocycles. The highest BCUT2D eigenvalue weighted by Gasteiger charge is 2.20. The van der Waals surface area contributed by atoms with E-state index in [-0.39, 0.29) is 0 Å². The van der Waals surface area contributed by atoms with Gasteiger partial charge in [-0.25, -0.2) is 4.98 Å². The van der Waals surface area contributed by atoms with Gasteiger partial charge >= 0.3 is 0 Å². The van der Waals surface area contributed by atoms with Gasteiger partial charge in [0.05, 0.1) is 5.52 Å². The second-order valence-electron chi connectivity index (χ2n) is 5.28. The van der Waals surface area contributed by atoms with Gasteiger partial charge in [-0.05, 0) is 56.0 Å². The third kappa shape index (κ3) is 2.87. The van der Waals surface area contributed by atoms with E-state index in [1.165, 1.54) is 18.4 Å². The summed E-state index contributed by atoms with van der Waals surface area (Å²) in [5.41, 5.74) is 3.18. The van der Waals surface area contributed by atoms with Crippen molar-refractivity contribution in [2.24, 2.45) is 5.92 Å². The van der Waals surface area contributed by atoms with Crippen molar-refractivity contribution in [2.75, 3.05) is 13.2 Å². The van der Waals surface area contributed by atoms with E-state index < -0.39 is 0 Å². The average Bonchev–Trinajstić information content (AvgIpc) is 3.15. The zero-order chi connectivity index (χ0) is 13.2. The van der Waals surface area contributed by atoms with Crippen molar-refractivity contribution in [1.29, 1.82) is 0 Å². The number of hydrogen-bond acceptors (Lipinski definition) is 3. The van der Waals surface area contributed by atoms with Crippen molar-refractivity contribution in [1.82, 2.24) is 14.5 Å². The molecule has 1 saturated carbocycles. The number of pyridine rings is 1. The molecule has 0 aliphatic heterocycles. The normalized spacial score (nSPS) is 15.2. The highest BCUT2D eigenvalue weighted by atomic mass is 32.1. The predicted molar refractivity (Wildman–Crippen MR) is 77.8 cm³/mol. The van der Waals surface area contributed by atoms with E-state index in [1.54, 1.807) is 0 Å². The Hall–Kier alpha value is -1.20. The van der Waals surface area contributed by atoms with Crippen LogP contribution in [0.3, 0.4) is 0 Å². The molecule has 1 N–H and O–H groups in total. The molecule has 0 bridgehead atoms. The Morgan fingerprint density at radius 3 is 3.16 bits per heavy atom. The van der Waals surface area contributed by atoms with Crippen LogP contribution in [-0.4, -0.2) is 27.7 Å². The molecule has 5 heteroatoms. The van der Waals surface area contributed by atoms with Gasteiger partial charge in [-0.1, -0.05) is 0 Å². The quantitative estimate of drug-likeness (QED) is 0.651. The molecule has 0 unspecified atom stereocenters. The van der Waals surface area contributed by atoms with E-state index in [1.807, 2.05) is 12.3 Å². The first kappa shape index (κ1) is 12.8. The molecular formula is C14H19N3OS. The van der Waals surface area contributed by atoms with Crippen LogP contribution in [0.15, 0.2) is 12.3 Å². The van der Waals surface area contributed by atoms with E-state index in [0.717, 1.165) is 48.0 Å². The van der Waals surface area contributed by atoms with E-state index in [4.69, 9.17) is 17.0 Å². The van der Waals surface area contributed by atoms with Crippen molar-refractivity contribution in [3.63, 3.8) is 0 Å². The van der Waals surface area contributed by atoms with Crippen LogP contribution in [-0.2, 0) is 11.3 Å². The maximum atomic E-state index is 5.65. The number of nitrogens with zero attached hydrogens (tertiary/aromatic N) is 2. The molecule has 2 aromatic heterocycles. The number of nitrogens with one attached hydrogen (secondary N) is 1. The molecule has 1 aliphatic rings. The third-order valence-electron chi connectivity index (χ3n) is 3.59. The van der Waals surface area contributed by atoms with Crippen molar-refractivity contribution in [3.05, 3.63) is 22.6 Å². The molecule has 0 aromatic carbocycles. The van der Waals surface area contributed by atoms with Crippen molar-refractivity contribution in [2.45, 2.75) is 32.7 Å². The molecular weight excluding hydrogens is 258 g/mol. The molecule has 19 heavy (non-hydrogen) atoms. The lowest BCUT2D eigenvalue weighted by Gasteiger charge is -2.05. The maximum Gasteiger partial charge on any atom is 0.179 e. The van der Waals surface area contributed by atoms with E-state index in [9.17, 15) is 0 Å². The zero-order valence-electron chi connectivity index (χ0n) is 11.2. The molecule has 0 amide bonds. The van der Waals surface area contributed by atoms with Gasteiger partial charge in [0, 0.05) is 26.0 Å². The van der Waals surface area contributed by atoms with Crippen LogP contribution >= 0.6 is 12.2 Å². The second kappa shape index (κ2) is 5.43. The third-order valence-corrected chi connectivity index (χ3v) is 3.92. The summed E-state index contributed by atoms with van der Waals surface area (Å²) in [6, 6.07) is 2.00. The van der Waals surface area contributed by atoms with Crippen LogP contribution in [0.4, 0.5) is 0 Å². The summed E-state index contributed by atoms with van der Waals surface area (Å²) < 4.78 is 8.47. The smallest absolute Gasteiger partial charge is 0.179 e. The Morgan fingerprint density at radius 2 is 2.37 bits per heavy atom. The minimum Gasteiger partial charge on any atom is -0.381 e. The number of aryl methyl sites for hydroxylation is 2. The van der Waals surface area contributed by atoms with Gasteiger partial charge < -0.3 is 14.3 Å². The fourth-order valence-electron chi connectivity index (χ4n) is 2.24. The Bertz CT molecular complexity index is 627. The van der Waals surface area contributed by atoms with Crippen molar-refractivity contribution >= 4 is 23.4 Å². The fourth-order valence-corrected chi connectivity index (χ4v) is 2.52. The lowest BCUT2D eigenvalue weighted by molar-refractivity contribution is 0.119. The summed E-state index contributed by atoms with van der Waals surface area (Å²) in [6.45, 7) is 4.66. The standard InChI is InChI=1S/C14H19N3OS/c1-10-5-6-15-13-12(10)16-14(19)17(13)7-2-8-18-9-11-3-4-11/h5-6,11H,2-4,7-9H2,1H3,(H,16,19). The molecule has 4 nitrogen and oxygen atoms in total. The van der Waals surface area contributed by atoms with Crippen LogP contribution < -0.4 is 0 Å². The minimum atomic E-state index is 0.749. The molecule has 2 aromatic rings. The van der Waals surface area contributed by atoms with E-state index in [0.29, 0.717) is 0 Å². The summed E-state index contributed by atoms with van der Waals surface area (Å²) in [5.74, 6) is 0.833. The highest BCUT2D eigenvalue weighted by Crippen LogP contribution is 2.28. The first-order valence-electron chi connectivity index (χ1n) is 6.87. The van der Waals surface area contributed by atoms with Crippen LogP contribution in [0.5, 0.6) is 0 Å². The molecule has 102 valence electrons. The van der Waals surface area contributed by atoms with Crippen LogP contribution in [0.2, 0.25) is 0 Å². The van der Waals surface area contributed by atoms with Crippen molar-refractivity contribution < 1.29 is 4.74 Å². The summed E-state index contributed by atoms with van der Waals surface area (Å²) >= 11 is 5.37. The summed E-state index contributed by atoms with van der Waals surface area (Å²) in [6.07, 6.45) is 5.50. The van der Waals surface area contributed by atoms with Crippen molar-refractivity contribution in [3.8, 4) is 0 Å². The number of rotatable bonds is 6. The van der Waals surface area contributed by atoms with Gasteiger partial charge in [0.1, 0.15) is 0 Å². The fraction of sp³-hybridized carbons (Fsp3) is 0.571. The average molecular weight is 277 g/mol. The lowest BCUT2D eigenvalue weighted by atomic mass is 10.3. The number of H-pyrrole nitrogens is 1. The van der Waals surface area contributed by atoms with Gasteiger partial charge in [0.2, 0.25) is 0 Å². The van der Waals surface area contributed by atoms with Gasteiger partial charge in [0.15, 0.2) is 10.4 Å². The van der Waals surface area contributed by atoms with E-state index >= 15 is 0 Å². The van der Waals surface area contributed by atoms with E-state index in [2.05, 4.69) is 21.5 Å². The molecule has 0 atom stereocenters. The topological polar surface area (TPSA) is 42.8 Å². The Kier molecular flexibility index (Phi) is 3.66. The van der Waals surface area contributed by atoms with Gasteiger partial charge in [-0.2, -0.15) is 0 Å². The molecule has 2 heterocycles. The molecule has 0 spiro atoms. The van der Waals surface area contributed by atoms with Crippen LogP contribution in [0.25, 0.3) is 11.2 Å². The first-order chi connectivity index (χ1) is 9.25. The summed E-state index contributed by atoms with van der Waals surface area (Å²) in [4.78, 5) is 7.66. The number of imidazole rings is 1. The highest BCUT2D eigenvalue weighted by molar-refractivity contribution is 7.71. The first-order valence-corrected chi connectivity index (χ1v) is 7.28. The van der Waals surface area contributed by atoms with Crippen LogP contribution in [0.1, 0.15) is 24.8 Å². The number of hydrogen-bond donors (Lipinski definition) is 1. The largest absolute Gasteiger partial charge is 0.381 e. The minimum absolute atomic E-state index is 0.749. The molecule has 1 fully saturated rings.